The zero-order chi connectivity index (χ0) is 17.2. The van der Waals surface area contributed by atoms with Crippen LogP contribution >= 0.6 is 35.0 Å². The molecule has 1 N–H and O–H groups in total. The van der Waals surface area contributed by atoms with E-state index in [9.17, 15) is 9.90 Å². The van der Waals surface area contributed by atoms with Crippen LogP contribution < -0.4 is 0 Å². The summed E-state index contributed by atoms with van der Waals surface area (Å²) in [5, 5.41) is 12.0. The van der Waals surface area contributed by atoms with Crippen molar-refractivity contribution in [2.75, 3.05) is 7.05 Å². The van der Waals surface area contributed by atoms with Crippen LogP contribution in [0.5, 0.6) is 0 Å². The molecule has 0 radical (unpaired) electrons. The van der Waals surface area contributed by atoms with Gasteiger partial charge in [-0.05, 0) is 23.1 Å². The summed E-state index contributed by atoms with van der Waals surface area (Å²) >= 11 is 13.5. The van der Waals surface area contributed by atoms with E-state index in [2.05, 4.69) is 4.99 Å². The molecule has 1 aromatic carbocycles. The van der Waals surface area contributed by atoms with Crippen molar-refractivity contribution in [2.24, 2.45) is 10.4 Å². The van der Waals surface area contributed by atoms with Crippen LogP contribution in [0.25, 0.3) is 0 Å². The molecule has 0 saturated heterocycles. The molecule has 0 atom stereocenters. The molecule has 0 fully saturated rings. The summed E-state index contributed by atoms with van der Waals surface area (Å²) in [4.78, 5) is 16.6. The highest BCUT2D eigenvalue weighted by molar-refractivity contribution is 8.13. The Hall–Kier alpha value is -0.970. The summed E-state index contributed by atoms with van der Waals surface area (Å²) in [7, 11) is 1.62. The number of aliphatic imine (C=N–C) groups is 1. The summed E-state index contributed by atoms with van der Waals surface area (Å²) in [6, 6.07) is 5.31. The van der Waals surface area contributed by atoms with Crippen LogP contribution in [-0.4, -0.2) is 23.0 Å². The summed E-state index contributed by atoms with van der Waals surface area (Å²) in [5.41, 5.74) is 1.04. The van der Waals surface area contributed by atoms with E-state index < -0.39 is 0 Å². The topological polar surface area (TPSA) is 49.7 Å². The number of ketones is 1. The molecule has 124 valence electrons. The number of hydrogen-bond acceptors (Lipinski definition) is 4. The number of allylic oxidation sites excluding steroid dienone is 1. The van der Waals surface area contributed by atoms with E-state index >= 15 is 0 Å². The molecule has 2 rings (SSSR count). The Morgan fingerprint density at radius 3 is 2.61 bits per heavy atom. The monoisotopic (exact) mass is 371 g/mol. The van der Waals surface area contributed by atoms with Crippen molar-refractivity contribution in [1.29, 1.82) is 0 Å². The van der Waals surface area contributed by atoms with Gasteiger partial charge in [0.25, 0.3) is 0 Å². The van der Waals surface area contributed by atoms with Gasteiger partial charge in [-0.2, -0.15) is 0 Å². The molecule has 0 aliphatic heterocycles. The molecule has 0 amide bonds. The van der Waals surface area contributed by atoms with E-state index in [4.69, 9.17) is 23.2 Å². The highest BCUT2D eigenvalue weighted by Crippen LogP contribution is 2.38. The van der Waals surface area contributed by atoms with E-state index in [0.29, 0.717) is 39.3 Å². The van der Waals surface area contributed by atoms with Crippen LogP contribution in [0.3, 0.4) is 0 Å². The number of aliphatic hydroxyl groups excluding tert-OH is 1. The first kappa shape index (κ1) is 18.4. The summed E-state index contributed by atoms with van der Waals surface area (Å²) < 4.78 is 0. The number of carbonyl (C=O) groups is 1. The van der Waals surface area contributed by atoms with E-state index in [1.807, 2.05) is 19.9 Å². The predicted molar refractivity (Wildman–Crippen MR) is 98.8 cm³/mol. The maximum Gasteiger partial charge on any atom is 0.169 e. The molecule has 6 heteroatoms. The van der Waals surface area contributed by atoms with E-state index in [1.54, 1.807) is 19.2 Å². The Bertz CT molecular complexity index is 696. The lowest BCUT2D eigenvalue weighted by Gasteiger charge is -2.29. The first-order valence-corrected chi connectivity index (χ1v) is 8.97. The molecular weight excluding hydrogens is 353 g/mol. The van der Waals surface area contributed by atoms with Gasteiger partial charge in [-0.1, -0.05) is 43.1 Å². The Morgan fingerprint density at radius 1 is 1.35 bits per heavy atom. The number of nitrogens with zero attached hydrogens (tertiary/aromatic N) is 1. The largest absolute Gasteiger partial charge is 0.511 e. The summed E-state index contributed by atoms with van der Waals surface area (Å²) in [5.74, 6) is 0.617. The van der Waals surface area contributed by atoms with Crippen LogP contribution in [0.15, 0.2) is 34.5 Å². The molecule has 1 aliphatic rings. The second-order valence-electron chi connectivity index (χ2n) is 6.32. The smallest absolute Gasteiger partial charge is 0.169 e. The molecule has 3 nitrogen and oxygen atoms in total. The maximum absolute atomic E-state index is 12.4. The second kappa shape index (κ2) is 7.29. The minimum atomic E-state index is -0.215. The van der Waals surface area contributed by atoms with Crippen molar-refractivity contribution in [2.45, 2.75) is 32.4 Å². The third-order valence-electron chi connectivity index (χ3n) is 3.65. The highest BCUT2D eigenvalue weighted by Gasteiger charge is 2.35. The molecule has 0 bridgehead atoms. The Labute approximate surface area is 150 Å². The van der Waals surface area contributed by atoms with Gasteiger partial charge >= 0.3 is 0 Å². The van der Waals surface area contributed by atoms with Crippen LogP contribution in [-0.2, 0) is 10.5 Å². The van der Waals surface area contributed by atoms with Gasteiger partial charge in [0.1, 0.15) is 10.8 Å². The fourth-order valence-electron chi connectivity index (χ4n) is 2.56. The van der Waals surface area contributed by atoms with Gasteiger partial charge in [-0.15, -0.1) is 11.8 Å². The molecular formula is C17H19Cl2NO2S. The molecule has 0 heterocycles. The maximum atomic E-state index is 12.4. The first-order valence-electron chi connectivity index (χ1n) is 7.23. The molecule has 0 unspecified atom stereocenters. The zero-order valence-electron chi connectivity index (χ0n) is 13.3. The normalized spacial score (nSPS) is 18.5. The number of hydrogen-bond donors (Lipinski definition) is 1. The third-order valence-corrected chi connectivity index (χ3v) is 5.35. The SMILES string of the molecule is CN=C(SCc1ccc(Cl)cc1Cl)C1=C(O)CC(C)(C)CC1=O. The van der Waals surface area contributed by atoms with Crippen LogP contribution in [0.1, 0.15) is 32.3 Å². The van der Waals surface area contributed by atoms with Crippen molar-refractivity contribution >= 4 is 45.8 Å². The van der Waals surface area contributed by atoms with Gasteiger partial charge < -0.3 is 5.11 Å². The summed E-state index contributed by atoms with van der Waals surface area (Å²) in [6.07, 6.45) is 0.892. The number of Topliss-reactive ketones (excluding diaryl/α,β-unsaturated/α-hetero) is 1. The molecule has 1 aromatic rings. The first-order chi connectivity index (χ1) is 10.7. The second-order valence-corrected chi connectivity index (χ2v) is 8.12. The van der Waals surface area contributed by atoms with E-state index in [-0.39, 0.29) is 17.0 Å². The molecule has 0 aromatic heterocycles. The van der Waals surface area contributed by atoms with Crippen LogP contribution in [0.2, 0.25) is 10.0 Å². The van der Waals surface area contributed by atoms with Gasteiger partial charge in [0.15, 0.2) is 5.78 Å². The lowest BCUT2D eigenvalue weighted by Crippen LogP contribution is -2.28. The Morgan fingerprint density at radius 2 is 2.04 bits per heavy atom. The number of aliphatic hydroxyl groups is 1. The number of carbonyl (C=O) groups excluding carboxylic acids is 1. The van der Waals surface area contributed by atoms with Crippen molar-refractivity contribution < 1.29 is 9.90 Å². The number of halogens is 2. The fraction of sp³-hybridized carbons (Fsp3) is 0.412. The van der Waals surface area contributed by atoms with Crippen LogP contribution in [0.4, 0.5) is 0 Å². The van der Waals surface area contributed by atoms with Gasteiger partial charge in [-0.25, -0.2) is 0 Å². The van der Waals surface area contributed by atoms with Gasteiger partial charge in [-0.3, -0.25) is 9.79 Å². The van der Waals surface area contributed by atoms with Crippen LogP contribution in [0, 0.1) is 5.41 Å². The average Bonchev–Trinajstić information content (AvgIpc) is 2.42. The lowest BCUT2D eigenvalue weighted by atomic mass is 9.77. The molecule has 23 heavy (non-hydrogen) atoms. The van der Waals surface area contributed by atoms with E-state index in [0.717, 1.165) is 5.56 Å². The van der Waals surface area contributed by atoms with Gasteiger partial charge in [0.2, 0.25) is 0 Å². The average molecular weight is 372 g/mol. The van der Waals surface area contributed by atoms with E-state index in [1.165, 1.54) is 11.8 Å². The molecule has 0 saturated carbocycles. The quantitative estimate of drug-likeness (QED) is 0.566. The Kier molecular flexibility index (Phi) is 5.82. The number of rotatable bonds is 3. The lowest BCUT2D eigenvalue weighted by molar-refractivity contribution is -0.117. The minimum absolute atomic E-state index is 0.0611. The molecule has 1 aliphatic carbocycles. The Balaban J connectivity index is 2.19. The van der Waals surface area contributed by atoms with Crippen molar-refractivity contribution in [1.82, 2.24) is 0 Å². The standard InChI is InChI=1S/C17H19Cl2NO2S/c1-17(2)7-13(21)15(14(22)8-17)16(20-3)23-9-10-4-5-11(18)6-12(10)19/h4-6,21H,7-9H2,1-3H3. The molecule has 0 spiro atoms. The predicted octanol–water partition coefficient (Wildman–Crippen LogP) is 5.46. The highest BCUT2D eigenvalue weighted by atomic mass is 35.5. The number of thioether (sulfide) groups is 1. The summed E-state index contributed by atoms with van der Waals surface area (Å²) in [6.45, 7) is 3.95. The fourth-order valence-corrected chi connectivity index (χ4v) is 4.17. The minimum Gasteiger partial charge on any atom is -0.511 e. The van der Waals surface area contributed by atoms with Crippen molar-refractivity contribution in [3.63, 3.8) is 0 Å². The van der Waals surface area contributed by atoms with Gasteiger partial charge in [0, 0.05) is 35.7 Å². The van der Waals surface area contributed by atoms with Crippen molar-refractivity contribution in [3.05, 3.63) is 45.1 Å². The third kappa shape index (κ3) is 4.52. The number of benzene rings is 1. The van der Waals surface area contributed by atoms with Gasteiger partial charge in [0.05, 0.1) is 5.57 Å². The van der Waals surface area contributed by atoms with Crippen molar-refractivity contribution in [3.8, 4) is 0 Å². The zero-order valence-corrected chi connectivity index (χ0v) is 15.6.